The van der Waals surface area contributed by atoms with Crippen LogP contribution in [0.1, 0.15) is 106 Å². The Kier molecular flexibility index (Phi) is 14.8. The van der Waals surface area contributed by atoms with E-state index in [4.69, 9.17) is 9.47 Å². The first-order chi connectivity index (χ1) is 31.9. The van der Waals surface area contributed by atoms with Crippen LogP contribution in [-0.4, -0.2) is 90.8 Å². The molecule has 2 heterocycles. The second-order valence-corrected chi connectivity index (χ2v) is 17.2. The third kappa shape index (κ3) is 9.80. The van der Waals surface area contributed by atoms with Gasteiger partial charge in [0.15, 0.2) is 5.78 Å². The van der Waals surface area contributed by atoms with Gasteiger partial charge in [0.05, 0.1) is 20.8 Å². The van der Waals surface area contributed by atoms with Gasteiger partial charge in [0, 0.05) is 29.8 Å². The van der Waals surface area contributed by atoms with Crippen molar-refractivity contribution in [2.45, 2.75) is 101 Å². The number of benzene rings is 4. The van der Waals surface area contributed by atoms with Gasteiger partial charge in [-0.15, -0.1) is 0 Å². The highest BCUT2D eigenvalue weighted by molar-refractivity contribution is 6.05. The number of ether oxygens (including phenoxy) is 2. The number of nitrogens with one attached hydrogen (secondary N) is 4. The summed E-state index contributed by atoms with van der Waals surface area (Å²) in [6, 6.07) is 25.1. The summed E-state index contributed by atoms with van der Waals surface area (Å²) in [6.07, 6.45) is 4.65. The fourth-order valence-electron chi connectivity index (χ4n) is 9.73. The smallest absolute Gasteiger partial charge is 0.407 e. The summed E-state index contributed by atoms with van der Waals surface area (Å²) in [6.45, 7) is 4.36. The van der Waals surface area contributed by atoms with E-state index < -0.39 is 59.5 Å². The lowest BCUT2D eigenvalue weighted by atomic mass is 9.70. The molecule has 4 aromatic carbocycles. The highest BCUT2D eigenvalue weighted by Crippen LogP contribution is 2.55. The van der Waals surface area contributed by atoms with Gasteiger partial charge in [-0.3, -0.25) is 24.0 Å². The van der Waals surface area contributed by atoms with E-state index in [-0.39, 0.29) is 24.7 Å². The van der Waals surface area contributed by atoms with Gasteiger partial charge >= 0.3 is 12.2 Å². The third-order valence-corrected chi connectivity index (χ3v) is 13.0. The SMILES string of the molecule is CCCCC1(CCCC)c2cc(NC(=O)[C@@H]3CCCN3C(=O)[C@H](NC(=O)OC)c3ccccc3)ccc2-c2ccc(NC(=O)[C@@H]3CC(=O)CN3C(=O)[C@H](NC(=O)OC)c3ccccc3)cc21. The number of carbonyl (C=O) groups excluding carboxylic acids is 7. The number of hydrogen-bond acceptors (Lipinski definition) is 9. The number of anilines is 2. The summed E-state index contributed by atoms with van der Waals surface area (Å²) in [5.74, 6) is -2.14. The summed E-state index contributed by atoms with van der Waals surface area (Å²) in [7, 11) is 2.42. The van der Waals surface area contributed by atoms with Crippen molar-refractivity contribution in [3.05, 3.63) is 119 Å². The van der Waals surface area contributed by atoms with E-state index in [1.807, 2.05) is 42.5 Å². The molecule has 0 spiro atoms. The Morgan fingerprint density at radius 3 is 1.59 bits per heavy atom. The van der Waals surface area contributed by atoms with Crippen LogP contribution in [0.5, 0.6) is 0 Å². The topological polar surface area (TPSA) is 193 Å². The maximum Gasteiger partial charge on any atom is 0.407 e. The second kappa shape index (κ2) is 20.9. The molecule has 0 bridgehead atoms. The zero-order chi connectivity index (χ0) is 47.0. The standard InChI is InChI=1S/C51H58N6O9/c1-5-7-25-51(26-8-6-2)39-28-34(52-45(59)41-20-15-27-56(41)47(61)43(54-49(63)65-3)32-16-11-9-12-17-32)21-23-37(39)38-24-22-35(29-40(38)51)53-46(60)42-30-36(58)31-57(42)48(62)44(55-50(64)66-4)33-18-13-10-14-19-33/h9-14,16-19,21-24,28-29,41-44H,5-8,15,20,25-27,30-31H2,1-4H3,(H,52,59)(H,53,60)(H,54,63)(H,55,64)/t41-,42-,43+,44+/m0/s1. The lowest BCUT2D eigenvalue weighted by Gasteiger charge is -2.33. The molecule has 1 aliphatic carbocycles. The highest BCUT2D eigenvalue weighted by atomic mass is 16.5. The first kappa shape index (κ1) is 46.9. The third-order valence-electron chi connectivity index (χ3n) is 13.0. The monoisotopic (exact) mass is 898 g/mol. The number of nitrogens with zero attached hydrogens (tertiary/aromatic N) is 2. The van der Waals surface area contributed by atoms with E-state index in [1.54, 1.807) is 54.6 Å². The minimum atomic E-state index is -1.19. The average Bonchev–Trinajstić information content (AvgIpc) is 4.06. The van der Waals surface area contributed by atoms with Gasteiger partial charge in [0.2, 0.25) is 11.8 Å². The quantitative estimate of drug-likeness (QED) is 0.0879. The average molecular weight is 899 g/mol. The van der Waals surface area contributed by atoms with Crippen molar-refractivity contribution in [2.75, 3.05) is 37.9 Å². The van der Waals surface area contributed by atoms with Crippen molar-refractivity contribution >= 4 is 53.0 Å². The number of hydrogen-bond donors (Lipinski definition) is 4. The predicted octanol–water partition coefficient (Wildman–Crippen LogP) is 7.57. The molecule has 66 heavy (non-hydrogen) atoms. The maximum atomic E-state index is 14.2. The zero-order valence-electron chi connectivity index (χ0n) is 37.9. The Morgan fingerprint density at radius 2 is 1.12 bits per heavy atom. The minimum Gasteiger partial charge on any atom is -0.453 e. The number of carbonyl (C=O) groups is 7. The van der Waals surface area contributed by atoms with Gasteiger partial charge in [0.25, 0.3) is 11.8 Å². The number of rotatable bonds is 16. The molecular weight excluding hydrogens is 841 g/mol. The summed E-state index contributed by atoms with van der Waals surface area (Å²) >= 11 is 0. The number of methoxy groups -OCH3 is 2. The summed E-state index contributed by atoms with van der Waals surface area (Å²) in [5.41, 5.74) is 5.82. The second-order valence-electron chi connectivity index (χ2n) is 17.2. The Balaban J connectivity index is 1.15. The van der Waals surface area contributed by atoms with Crippen molar-refractivity contribution < 1.29 is 43.0 Å². The van der Waals surface area contributed by atoms with E-state index in [0.717, 1.165) is 60.8 Å². The largest absolute Gasteiger partial charge is 0.453 e. The highest BCUT2D eigenvalue weighted by Gasteiger charge is 2.45. The molecule has 0 saturated carbocycles. The van der Waals surface area contributed by atoms with Crippen LogP contribution in [0.2, 0.25) is 0 Å². The lowest BCUT2D eigenvalue weighted by molar-refractivity contribution is -0.138. The van der Waals surface area contributed by atoms with Gasteiger partial charge in [-0.2, -0.15) is 0 Å². The van der Waals surface area contributed by atoms with Crippen LogP contribution in [0.15, 0.2) is 97.1 Å². The predicted molar refractivity (Wildman–Crippen MR) is 248 cm³/mol. The van der Waals surface area contributed by atoms with Gasteiger partial charge in [-0.25, -0.2) is 9.59 Å². The van der Waals surface area contributed by atoms with E-state index >= 15 is 0 Å². The fraction of sp³-hybridized carbons (Fsp3) is 0.392. The van der Waals surface area contributed by atoms with Crippen LogP contribution in [0.25, 0.3) is 11.1 Å². The summed E-state index contributed by atoms with van der Waals surface area (Å²) in [5, 5.41) is 11.4. The van der Waals surface area contributed by atoms with Crippen molar-refractivity contribution in [3.63, 3.8) is 0 Å². The normalized spacial score (nSPS) is 17.8. The van der Waals surface area contributed by atoms with Crippen molar-refractivity contribution in [3.8, 4) is 11.1 Å². The molecule has 2 aliphatic heterocycles. The Hall–Kier alpha value is -7.03. The summed E-state index contributed by atoms with van der Waals surface area (Å²) < 4.78 is 9.62. The van der Waals surface area contributed by atoms with Gasteiger partial charge < -0.3 is 40.5 Å². The molecule has 2 saturated heterocycles. The zero-order valence-corrected chi connectivity index (χ0v) is 37.9. The van der Waals surface area contributed by atoms with E-state index in [0.29, 0.717) is 41.9 Å². The number of Topliss-reactive ketones (excluding diaryl/α,β-unsaturated/α-hetero) is 1. The van der Waals surface area contributed by atoms with Crippen LogP contribution in [-0.2, 0) is 38.9 Å². The van der Waals surface area contributed by atoms with E-state index in [2.05, 4.69) is 35.1 Å². The number of amides is 6. The molecule has 7 rings (SSSR count). The maximum absolute atomic E-state index is 14.2. The van der Waals surface area contributed by atoms with Crippen LogP contribution in [0, 0.1) is 0 Å². The summed E-state index contributed by atoms with van der Waals surface area (Å²) in [4.78, 5) is 96.9. The first-order valence-electron chi connectivity index (χ1n) is 22.8. The first-order valence-corrected chi connectivity index (χ1v) is 22.8. The molecule has 0 unspecified atom stereocenters. The number of alkyl carbamates (subject to hydrolysis) is 2. The Morgan fingerprint density at radius 1 is 0.652 bits per heavy atom. The number of ketones is 1. The Bertz CT molecular complexity index is 2450. The van der Waals surface area contributed by atoms with Crippen LogP contribution in [0.4, 0.5) is 21.0 Å². The molecule has 4 atom stereocenters. The molecule has 3 aliphatic rings. The van der Waals surface area contributed by atoms with E-state index in [1.165, 1.54) is 24.0 Å². The molecule has 0 radical (unpaired) electrons. The fourth-order valence-corrected chi connectivity index (χ4v) is 9.73. The molecule has 15 nitrogen and oxygen atoms in total. The molecule has 15 heteroatoms. The minimum absolute atomic E-state index is 0.177. The van der Waals surface area contributed by atoms with Gasteiger partial charge in [0.1, 0.15) is 24.2 Å². The molecular formula is C51H58N6O9. The van der Waals surface area contributed by atoms with Crippen molar-refractivity contribution in [1.29, 1.82) is 0 Å². The van der Waals surface area contributed by atoms with Crippen LogP contribution < -0.4 is 21.3 Å². The lowest BCUT2D eigenvalue weighted by Crippen LogP contribution is -2.48. The van der Waals surface area contributed by atoms with E-state index in [9.17, 15) is 33.6 Å². The molecule has 2 fully saturated rings. The van der Waals surface area contributed by atoms with Gasteiger partial charge in [-0.1, -0.05) is 112 Å². The van der Waals surface area contributed by atoms with Crippen LogP contribution >= 0.6 is 0 Å². The molecule has 4 aromatic rings. The number of unbranched alkanes of at least 4 members (excludes halogenated alkanes) is 2. The van der Waals surface area contributed by atoms with Crippen molar-refractivity contribution in [1.82, 2.24) is 20.4 Å². The molecule has 346 valence electrons. The molecule has 6 amide bonds. The van der Waals surface area contributed by atoms with Crippen molar-refractivity contribution in [2.24, 2.45) is 0 Å². The van der Waals surface area contributed by atoms with Gasteiger partial charge in [-0.05, 0) is 83.3 Å². The molecule has 0 aromatic heterocycles. The molecule has 4 N–H and O–H groups in total. The number of fused-ring (bicyclic) bond motifs is 3. The van der Waals surface area contributed by atoms with Crippen LogP contribution in [0.3, 0.4) is 0 Å². The Labute approximate surface area is 385 Å². The number of likely N-dealkylation sites (tertiary alicyclic amines) is 2.